The summed E-state index contributed by atoms with van der Waals surface area (Å²) in [5.41, 5.74) is 1.10. The number of carbonyl (C=O) groups excluding carboxylic acids is 1. The molecule has 22 heavy (non-hydrogen) atoms. The van der Waals surface area contributed by atoms with E-state index in [1.165, 1.54) is 19.3 Å². The number of phenolic OH excluding ortho intramolecular Hbond substituents is 1. The first-order chi connectivity index (χ1) is 10.6. The molecule has 0 saturated carbocycles. The Balaban J connectivity index is 1.62. The van der Waals surface area contributed by atoms with Crippen LogP contribution in [0.15, 0.2) is 24.3 Å². The van der Waals surface area contributed by atoms with Gasteiger partial charge in [-0.2, -0.15) is 0 Å². The van der Waals surface area contributed by atoms with Gasteiger partial charge in [-0.3, -0.25) is 0 Å². The van der Waals surface area contributed by atoms with Crippen molar-refractivity contribution in [1.29, 1.82) is 0 Å². The van der Waals surface area contributed by atoms with Crippen LogP contribution in [-0.4, -0.2) is 48.3 Å². The minimum Gasteiger partial charge on any atom is -0.508 e. The van der Waals surface area contributed by atoms with Crippen molar-refractivity contribution in [3.63, 3.8) is 0 Å². The maximum absolute atomic E-state index is 11.9. The highest BCUT2D eigenvalue weighted by atomic mass is 16.3. The van der Waals surface area contributed by atoms with Crippen molar-refractivity contribution >= 4 is 6.03 Å². The molecule has 1 aromatic rings. The number of likely N-dealkylation sites (tertiary alicyclic amines) is 1. The molecule has 122 valence electrons. The molecule has 3 N–H and O–H groups in total. The van der Waals surface area contributed by atoms with Crippen molar-refractivity contribution in [3.05, 3.63) is 29.8 Å². The minimum absolute atomic E-state index is 0.0551. The van der Waals surface area contributed by atoms with Crippen LogP contribution >= 0.6 is 0 Å². The second-order valence-electron chi connectivity index (χ2n) is 6.07. The Morgan fingerprint density at radius 3 is 2.59 bits per heavy atom. The SMILES string of the molecule is C[C@@H](Cc1ccc(O)cc1)NC(=O)NCCN1CCCCC1. The van der Waals surface area contributed by atoms with E-state index in [0.717, 1.165) is 31.6 Å². The molecule has 2 amide bonds. The Hall–Kier alpha value is -1.75. The summed E-state index contributed by atoms with van der Waals surface area (Å²) in [6.07, 6.45) is 4.63. The van der Waals surface area contributed by atoms with E-state index in [2.05, 4.69) is 15.5 Å². The molecule has 1 aliphatic rings. The number of benzene rings is 1. The van der Waals surface area contributed by atoms with E-state index < -0.39 is 0 Å². The summed E-state index contributed by atoms with van der Waals surface area (Å²) in [6, 6.07) is 7.04. The average molecular weight is 305 g/mol. The summed E-state index contributed by atoms with van der Waals surface area (Å²) in [5.74, 6) is 0.264. The Morgan fingerprint density at radius 1 is 1.23 bits per heavy atom. The third-order valence-electron chi connectivity index (χ3n) is 4.02. The van der Waals surface area contributed by atoms with E-state index in [-0.39, 0.29) is 17.8 Å². The molecule has 0 radical (unpaired) electrons. The number of rotatable bonds is 6. The molecule has 0 bridgehead atoms. The molecule has 1 fully saturated rings. The van der Waals surface area contributed by atoms with Gasteiger partial charge in [-0.25, -0.2) is 4.79 Å². The summed E-state index contributed by atoms with van der Waals surface area (Å²) in [6.45, 7) is 5.91. The molecule has 1 aromatic carbocycles. The molecular weight excluding hydrogens is 278 g/mol. The van der Waals surface area contributed by atoms with Gasteiger partial charge < -0.3 is 20.6 Å². The fourth-order valence-electron chi connectivity index (χ4n) is 2.82. The fourth-order valence-corrected chi connectivity index (χ4v) is 2.82. The van der Waals surface area contributed by atoms with Gasteiger partial charge in [-0.05, 0) is 57.0 Å². The largest absolute Gasteiger partial charge is 0.508 e. The summed E-state index contributed by atoms with van der Waals surface area (Å²) < 4.78 is 0. The van der Waals surface area contributed by atoms with Crippen LogP contribution in [0.25, 0.3) is 0 Å². The molecule has 1 heterocycles. The van der Waals surface area contributed by atoms with Crippen LogP contribution in [0.5, 0.6) is 5.75 Å². The maximum atomic E-state index is 11.9. The van der Waals surface area contributed by atoms with E-state index in [1.807, 2.05) is 19.1 Å². The quantitative estimate of drug-likeness (QED) is 0.754. The maximum Gasteiger partial charge on any atom is 0.315 e. The van der Waals surface area contributed by atoms with Crippen LogP contribution in [0.3, 0.4) is 0 Å². The minimum atomic E-state index is -0.108. The number of hydrogen-bond donors (Lipinski definition) is 3. The molecule has 0 spiro atoms. The van der Waals surface area contributed by atoms with Gasteiger partial charge in [0.05, 0.1) is 0 Å². The van der Waals surface area contributed by atoms with Gasteiger partial charge in [0.15, 0.2) is 0 Å². The van der Waals surface area contributed by atoms with Crippen molar-refractivity contribution in [2.24, 2.45) is 0 Å². The van der Waals surface area contributed by atoms with Crippen molar-refractivity contribution in [2.75, 3.05) is 26.2 Å². The zero-order valence-electron chi connectivity index (χ0n) is 13.3. The number of piperidine rings is 1. The summed E-state index contributed by atoms with van der Waals surface area (Å²) >= 11 is 0. The van der Waals surface area contributed by atoms with Crippen LogP contribution in [0, 0.1) is 0 Å². The van der Waals surface area contributed by atoms with Gasteiger partial charge in [0, 0.05) is 19.1 Å². The Morgan fingerprint density at radius 2 is 1.91 bits per heavy atom. The predicted molar refractivity (Wildman–Crippen MR) is 88.1 cm³/mol. The standard InChI is InChI=1S/C17H27N3O2/c1-14(13-15-5-7-16(21)8-6-15)19-17(22)18-9-12-20-10-3-2-4-11-20/h5-8,14,21H,2-4,9-13H2,1H3,(H2,18,19,22)/t14-/m0/s1. The molecule has 5 nitrogen and oxygen atoms in total. The highest BCUT2D eigenvalue weighted by Crippen LogP contribution is 2.11. The summed E-state index contributed by atoms with van der Waals surface area (Å²) in [7, 11) is 0. The van der Waals surface area contributed by atoms with Crippen LogP contribution in [-0.2, 0) is 6.42 Å². The molecule has 0 aromatic heterocycles. The lowest BCUT2D eigenvalue weighted by atomic mass is 10.1. The zero-order valence-corrected chi connectivity index (χ0v) is 13.3. The first-order valence-electron chi connectivity index (χ1n) is 8.18. The fraction of sp³-hybridized carbons (Fsp3) is 0.588. The van der Waals surface area contributed by atoms with Crippen LogP contribution in [0.4, 0.5) is 4.79 Å². The van der Waals surface area contributed by atoms with Gasteiger partial charge in [0.25, 0.3) is 0 Å². The van der Waals surface area contributed by atoms with Crippen LogP contribution in [0.2, 0.25) is 0 Å². The van der Waals surface area contributed by atoms with Crippen molar-refractivity contribution < 1.29 is 9.90 Å². The van der Waals surface area contributed by atoms with Crippen molar-refractivity contribution in [1.82, 2.24) is 15.5 Å². The Kier molecular flexibility index (Phi) is 6.52. The Bertz CT molecular complexity index is 455. The van der Waals surface area contributed by atoms with E-state index >= 15 is 0 Å². The molecule has 2 rings (SSSR count). The van der Waals surface area contributed by atoms with Crippen LogP contribution < -0.4 is 10.6 Å². The topological polar surface area (TPSA) is 64.6 Å². The van der Waals surface area contributed by atoms with Gasteiger partial charge in [0.1, 0.15) is 5.75 Å². The van der Waals surface area contributed by atoms with Crippen molar-refractivity contribution in [2.45, 2.75) is 38.6 Å². The number of aromatic hydroxyl groups is 1. The monoisotopic (exact) mass is 305 g/mol. The number of amides is 2. The van der Waals surface area contributed by atoms with E-state index in [0.29, 0.717) is 6.54 Å². The molecule has 5 heteroatoms. The lowest BCUT2D eigenvalue weighted by molar-refractivity contribution is 0.219. The second kappa shape index (κ2) is 8.63. The third kappa shape index (κ3) is 5.93. The van der Waals surface area contributed by atoms with Crippen LogP contribution in [0.1, 0.15) is 31.7 Å². The third-order valence-corrected chi connectivity index (χ3v) is 4.02. The van der Waals surface area contributed by atoms with E-state index in [9.17, 15) is 9.90 Å². The molecule has 1 atom stereocenters. The lowest BCUT2D eigenvalue weighted by Gasteiger charge is -2.26. The lowest BCUT2D eigenvalue weighted by Crippen LogP contribution is -2.44. The number of phenols is 1. The summed E-state index contributed by atoms with van der Waals surface area (Å²) in [5, 5.41) is 15.1. The molecule has 1 saturated heterocycles. The Labute approximate surface area is 132 Å². The highest BCUT2D eigenvalue weighted by molar-refractivity contribution is 5.74. The van der Waals surface area contributed by atoms with Gasteiger partial charge in [0.2, 0.25) is 0 Å². The normalized spacial score (nSPS) is 17.0. The molecular formula is C17H27N3O2. The summed E-state index contributed by atoms with van der Waals surface area (Å²) in [4.78, 5) is 14.3. The van der Waals surface area contributed by atoms with Gasteiger partial charge in [-0.1, -0.05) is 18.6 Å². The molecule has 0 aliphatic carbocycles. The van der Waals surface area contributed by atoms with Gasteiger partial charge in [-0.15, -0.1) is 0 Å². The number of nitrogens with one attached hydrogen (secondary N) is 2. The number of carbonyl (C=O) groups is 1. The second-order valence-corrected chi connectivity index (χ2v) is 6.07. The smallest absolute Gasteiger partial charge is 0.315 e. The van der Waals surface area contributed by atoms with E-state index in [4.69, 9.17) is 0 Å². The predicted octanol–water partition coefficient (Wildman–Crippen LogP) is 2.11. The zero-order chi connectivity index (χ0) is 15.8. The van der Waals surface area contributed by atoms with Crippen molar-refractivity contribution in [3.8, 4) is 5.75 Å². The average Bonchev–Trinajstić information content (AvgIpc) is 2.50. The number of nitrogens with zero attached hydrogens (tertiary/aromatic N) is 1. The molecule has 1 aliphatic heterocycles. The number of urea groups is 1. The van der Waals surface area contributed by atoms with E-state index in [1.54, 1.807) is 12.1 Å². The molecule has 0 unspecified atom stereocenters. The number of hydrogen-bond acceptors (Lipinski definition) is 3. The van der Waals surface area contributed by atoms with Gasteiger partial charge >= 0.3 is 6.03 Å². The highest BCUT2D eigenvalue weighted by Gasteiger charge is 2.11. The first-order valence-corrected chi connectivity index (χ1v) is 8.18. The first kappa shape index (κ1) is 16.6.